The first kappa shape index (κ1) is 21.7. The molecule has 1 aliphatic heterocycles. The molecular weight excluding hydrogens is 408 g/mol. The Morgan fingerprint density at radius 3 is 2.45 bits per heavy atom. The summed E-state index contributed by atoms with van der Waals surface area (Å²) in [5.41, 5.74) is 5.17. The predicted octanol–water partition coefficient (Wildman–Crippen LogP) is 3.96. The number of rotatable bonds is 6. The van der Waals surface area contributed by atoms with Crippen LogP contribution < -0.4 is 9.80 Å². The summed E-state index contributed by atoms with van der Waals surface area (Å²) in [4.78, 5) is 24.6. The summed E-state index contributed by atoms with van der Waals surface area (Å²) in [5, 5.41) is 0.759. The molecule has 1 aliphatic rings. The normalized spacial score (nSPS) is 14.7. The molecule has 1 fully saturated rings. The van der Waals surface area contributed by atoms with E-state index < -0.39 is 0 Å². The predicted molar refractivity (Wildman–Crippen MR) is 129 cm³/mol. The van der Waals surface area contributed by atoms with Gasteiger partial charge < -0.3 is 9.64 Å². The molecule has 1 aromatic heterocycles. The van der Waals surface area contributed by atoms with Crippen LogP contribution in [0.5, 0.6) is 0 Å². The fourth-order valence-electron chi connectivity index (χ4n) is 3.69. The summed E-state index contributed by atoms with van der Waals surface area (Å²) in [6.07, 6.45) is 0. The number of amides is 1. The van der Waals surface area contributed by atoms with Crippen LogP contribution in [0.25, 0.3) is 10.2 Å². The Labute approximate surface area is 188 Å². The Kier molecular flexibility index (Phi) is 6.55. The third-order valence-corrected chi connectivity index (χ3v) is 6.88. The molecule has 1 amide bonds. The van der Waals surface area contributed by atoms with Gasteiger partial charge in [0.05, 0.1) is 23.4 Å². The van der Waals surface area contributed by atoms with Crippen molar-refractivity contribution < 1.29 is 9.53 Å². The summed E-state index contributed by atoms with van der Waals surface area (Å²) in [5.74, 6) is -0.00827. The number of thiazole rings is 1. The van der Waals surface area contributed by atoms with Crippen LogP contribution >= 0.6 is 11.3 Å². The number of fused-ring (bicyclic) bond motifs is 1. The highest BCUT2D eigenvalue weighted by molar-refractivity contribution is 7.22. The maximum absolute atomic E-state index is 13.5. The molecular formula is C24H30N4O2S. The molecule has 6 nitrogen and oxygen atoms in total. The Hall–Kier alpha value is -2.48. The van der Waals surface area contributed by atoms with Crippen molar-refractivity contribution in [2.45, 2.75) is 13.8 Å². The number of ether oxygens (including phenoxy) is 1. The quantitative estimate of drug-likeness (QED) is 0.583. The van der Waals surface area contributed by atoms with Gasteiger partial charge in [-0.1, -0.05) is 11.3 Å². The Balaban J connectivity index is 1.64. The van der Waals surface area contributed by atoms with E-state index in [4.69, 9.17) is 9.72 Å². The highest BCUT2D eigenvalue weighted by Gasteiger charge is 2.23. The van der Waals surface area contributed by atoms with Gasteiger partial charge in [0.25, 0.3) is 5.91 Å². The number of carbonyl (C=O) groups excluding carboxylic acids is 1. The molecule has 0 unspecified atom stereocenters. The first-order valence-electron chi connectivity index (χ1n) is 10.7. The topological polar surface area (TPSA) is 48.9 Å². The third-order valence-electron chi connectivity index (χ3n) is 5.84. The van der Waals surface area contributed by atoms with Gasteiger partial charge in [-0.25, -0.2) is 4.98 Å². The summed E-state index contributed by atoms with van der Waals surface area (Å²) < 4.78 is 6.58. The molecule has 31 heavy (non-hydrogen) atoms. The molecule has 0 radical (unpaired) electrons. The molecule has 0 spiro atoms. The average Bonchev–Trinajstić information content (AvgIpc) is 3.17. The largest absolute Gasteiger partial charge is 0.379 e. The van der Waals surface area contributed by atoms with Crippen LogP contribution in [-0.2, 0) is 4.74 Å². The van der Waals surface area contributed by atoms with Gasteiger partial charge >= 0.3 is 0 Å². The molecule has 3 aromatic rings. The second-order valence-corrected chi connectivity index (χ2v) is 9.26. The van der Waals surface area contributed by atoms with Crippen LogP contribution in [0.1, 0.15) is 21.5 Å². The number of nitrogens with zero attached hydrogens (tertiary/aromatic N) is 4. The molecule has 2 heterocycles. The molecule has 0 saturated carbocycles. The Morgan fingerprint density at radius 1 is 1.10 bits per heavy atom. The lowest BCUT2D eigenvalue weighted by atomic mass is 10.1. The van der Waals surface area contributed by atoms with E-state index in [1.807, 2.05) is 48.2 Å². The number of morpholine rings is 1. The van der Waals surface area contributed by atoms with Gasteiger partial charge in [0.1, 0.15) is 0 Å². The first-order chi connectivity index (χ1) is 14.9. The van der Waals surface area contributed by atoms with Crippen molar-refractivity contribution in [2.24, 2.45) is 0 Å². The highest BCUT2D eigenvalue weighted by atomic mass is 32.1. The number of hydrogen-bond acceptors (Lipinski definition) is 6. The maximum Gasteiger partial charge on any atom is 0.260 e. The zero-order valence-electron chi connectivity index (χ0n) is 18.7. The van der Waals surface area contributed by atoms with Gasteiger partial charge in [-0.15, -0.1) is 0 Å². The molecule has 4 rings (SSSR count). The maximum atomic E-state index is 13.5. The number of anilines is 2. The molecule has 7 heteroatoms. The summed E-state index contributed by atoms with van der Waals surface area (Å²) >= 11 is 1.59. The van der Waals surface area contributed by atoms with E-state index in [0.717, 1.165) is 53.9 Å². The highest BCUT2D eigenvalue weighted by Crippen LogP contribution is 2.31. The van der Waals surface area contributed by atoms with E-state index in [-0.39, 0.29) is 5.91 Å². The minimum absolute atomic E-state index is 0.00827. The third kappa shape index (κ3) is 4.89. The van der Waals surface area contributed by atoms with Crippen LogP contribution in [0.4, 0.5) is 10.8 Å². The lowest BCUT2D eigenvalue weighted by Crippen LogP contribution is -2.43. The Morgan fingerprint density at radius 2 is 1.77 bits per heavy atom. The number of hydrogen-bond donors (Lipinski definition) is 0. The van der Waals surface area contributed by atoms with Gasteiger partial charge in [0, 0.05) is 51.5 Å². The van der Waals surface area contributed by atoms with Crippen molar-refractivity contribution >= 4 is 38.3 Å². The number of aryl methyl sites for hydroxylation is 2. The van der Waals surface area contributed by atoms with Crippen molar-refractivity contribution in [1.29, 1.82) is 0 Å². The van der Waals surface area contributed by atoms with E-state index in [9.17, 15) is 4.79 Å². The summed E-state index contributed by atoms with van der Waals surface area (Å²) in [7, 11) is 3.99. The van der Waals surface area contributed by atoms with E-state index in [0.29, 0.717) is 12.1 Å². The molecule has 0 N–H and O–H groups in total. The second kappa shape index (κ2) is 9.34. The number of benzene rings is 2. The second-order valence-electron chi connectivity index (χ2n) is 8.25. The van der Waals surface area contributed by atoms with Crippen LogP contribution in [0.2, 0.25) is 0 Å². The molecule has 0 bridgehead atoms. The van der Waals surface area contributed by atoms with Gasteiger partial charge in [0.15, 0.2) is 5.13 Å². The average molecular weight is 439 g/mol. The SMILES string of the molecule is Cc1cc2nc(N(CCN3CCOCC3)C(=O)c3ccc(N(C)C)cc3)sc2cc1C. The van der Waals surface area contributed by atoms with E-state index in [1.54, 1.807) is 11.3 Å². The molecule has 0 aliphatic carbocycles. The Bertz CT molecular complexity index is 1020. The van der Waals surface area contributed by atoms with Crippen molar-refractivity contribution in [3.8, 4) is 0 Å². The molecule has 164 valence electrons. The van der Waals surface area contributed by atoms with Crippen molar-refractivity contribution in [3.63, 3.8) is 0 Å². The monoisotopic (exact) mass is 438 g/mol. The van der Waals surface area contributed by atoms with Crippen LogP contribution in [0.15, 0.2) is 36.4 Å². The molecule has 2 aromatic carbocycles. The van der Waals surface area contributed by atoms with Gasteiger partial charge in [-0.2, -0.15) is 0 Å². The fraction of sp³-hybridized carbons (Fsp3) is 0.417. The molecule has 1 saturated heterocycles. The standard InChI is InChI=1S/C24H30N4O2S/c1-17-15-21-22(16-18(17)2)31-24(25-21)28(10-9-27-11-13-30-14-12-27)23(29)19-5-7-20(8-6-19)26(3)4/h5-8,15-16H,9-14H2,1-4H3. The number of aromatic nitrogens is 1. The van der Waals surface area contributed by atoms with E-state index >= 15 is 0 Å². The summed E-state index contributed by atoms with van der Waals surface area (Å²) in [6, 6.07) is 12.1. The van der Waals surface area contributed by atoms with Crippen molar-refractivity contribution in [1.82, 2.24) is 9.88 Å². The van der Waals surface area contributed by atoms with Crippen LogP contribution in [0, 0.1) is 13.8 Å². The fourth-order valence-corrected chi connectivity index (χ4v) is 4.76. The zero-order valence-corrected chi connectivity index (χ0v) is 19.5. The lowest BCUT2D eigenvalue weighted by molar-refractivity contribution is 0.0391. The van der Waals surface area contributed by atoms with Gasteiger partial charge in [-0.3, -0.25) is 14.6 Å². The van der Waals surface area contributed by atoms with Gasteiger partial charge in [-0.05, 0) is 61.4 Å². The minimum atomic E-state index is -0.00827. The van der Waals surface area contributed by atoms with Crippen LogP contribution in [0.3, 0.4) is 0 Å². The van der Waals surface area contributed by atoms with Crippen LogP contribution in [-0.4, -0.2) is 69.3 Å². The van der Waals surface area contributed by atoms with E-state index in [2.05, 4.69) is 30.9 Å². The zero-order chi connectivity index (χ0) is 22.0. The number of carbonyl (C=O) groups is 1. The smallest absolute Gasteiger partial charge is 0.260 e. The first-order valence-corrected chi connectivity index (χ1v) is 11.5. The van der Waals surface area contributed by atoms with Gasteiger partial charge in [0.2, 0.25) is 0 Å². The molecule has 0 atom stereocenters. The lowest BCUT2D eigenvalue weighted by Gasteiger charge is -2.29. The van der Waals surface area contributed by atoms with Crippen molar-refractivity contribution in [3.05, 3.63) is 53.1 Å². The van der Waals surface area contributed by atoms with Crippen molar-refractivity contribution in [2.75, 3.05) is 63.3 Å². The van der Waals surface area contributed by atoms with E-state index in [1.165, 1.54) is 11.1 Å². The summed E-state index contributed by atoms with van der Waals surface area (Å²) in [6.45, 7) is 8.92. The minimum Gasteiger partial charge on any atom is -0.379 e.